The fourth-order valence-electron chi connectivity index (χ4n) is 4.78. The van der Waals surface area contributed by atoms with Crippen LogP contribution in [0.1, 0.15) is 61.5 Å². The molecule has 4 aromatic rings. The van der Waals surface area contributed by atoms with Crippen molar-refractivity contribution >= 4 is 22.6 Å². The van der Waals surface area contributed by atoms with Gasteiger partial charge in [0, 0.05) is 35.2 Å². The van der Waals surface area contributed by atoms with Crippen molar-refractivity contribution in [2.75, 3.05) is 5.32 Å². The largest absolute Gasteiger partial charge is 0.464 e. The molecule has 3 heterocycles. The first-order valence-electron chi connectivity index (χ1n) is 11.8. The van der Waals surface area contributed by atoms with E-state index in [1.165, 1.54) is 24.0 Å². The highest BCUT2D eigenvalue weighted by molar-refractivity contribution is 5.95. The average Bonchev–Trinajstić information content (AvgIpc) is 3.29. The highest BCUT2D eigenvalue weighted by atomic mass is 16.3. The summed E-state index contributed by atoms with van der Waals surface area (Å²) in [5.41, 5.74) is 6.03. The van der Waals surface area contributed by atoms with Crippen molar-refractivity contribution in [2.45, 2.75) is 65.3 Å². The smallest absolute Gasteiger partial charge is 0.228 e. The minimum atomic E-state index is -0.0616. The second kappa shape index (κ2) is 8.85. The molecule has 1 aliphatic rings. The molecular formula is C27H30N4O2. The normalized spacial score (nSPS) is 13.8. The first-order chi connectivity index (χ1) is 16.0. The predicted octanol–water partition coefficient (Wildman–Crippen LogP) is 6.03. The molecule has 1 N–H and O–H groups in total. The maximum atomic E-state index is 12.8. The van der Waals surface area contributed by atoms with Gasteiger partial charge in [0.25, 0.3) is 0 Å². The lowest BCUT2D eigenvalue weighted by molar-refractivity contribution is -0.115. The number of rotatable bonds is 5. The second-order valence-electron chi connectivity index (χ2n) is 9.33. The number of benzene rings is 2. The molecular weight excluding hydrogens is 412 g/mol. The number of nitrogens with one attached hydrogen (secondary N) is 1. The lowest BCUT2D eigenvalue weighted by Gasteiger charge is -2.10. The molecule has 0 aliphatic carbocycles. The van der Waals surface area contributed by atoms with E-state index in [1.54, 1.807) is 6.26 Å². The van der Waals surface area contributed by atoms with Crippen LogP contribution in [0, 0.1) is 6.92 Å². The minimum absolute atomic E-state index is 0.0616. The van der Waals surface area contributed by atoms with Crippen molar-refractivity contribution in [3.8, 4) is 11.4 Å². The molecule has 0 unspecified atom stereocenters. The van der Waals surface area contributed by atoms with Gasteiger partial charge in [0.2, 0.25) is 5.91 Å². The Morgan fingerprint density at radius 2 is 1.94 bits per heavy atom. The van der Waals surface area contributed by atoms with Crippen molar-refractivity contribution in [3.63, 3.8) is 0 Å². The van der Waals surface area contributed by atoms with E-state index in [1.807, 2.05) is 24.3 Å². The standard InChI is InChI=1S/C27H30N4O2/c1-17(2)22-15-23-20(16-33-24(23)13-18(22)3)14-26(32)28-21-10-8-19(9-11-21)27-30-29-25-7-5-4-6-12-31(25)27/h8-11,13,15-17H,4-7,12,14H2,1-3H3,(H,28,32). The highest BCUT2D eigenvalue weighted by Gasteiger charge is 2.17. The lowest BCUT2D eigenvalue weighted by atomic mass is 9.95. The Balaban J connectivity index is 1.30. The lowest BCUT2D eigenvalue weighted by Crippen LogP contribution is -2.14. The van der Waals surface area contributed by atoms with Gasteiger partial charge in [-0.2, -0.15) is 0 Å². The average molecular weight is 443 g/mol. The van der Waals surface area contributed by atoms with Crippen LogP contribution < -0.4 is 5.32 Å². The van der Waals surface area contributed by atoms with Crippen molar-refractivity contribution < 1.29 is 9.21 Å². The third-order valence-electron chi connectivity index (χ3n) is 6.55. The summed E-state index contributed by atoms with van der Waals surface area (Å²) in [5.74, 6) is 2.34. The van der Waals surface area contributed by atoms with Gasteiger partial charge < -0.3 is 14.3 Å². The van der Waals surface area contributed by atoms with Crippen LogP contribution in [0.3, 0.4) is 0 Å². The van der Waals surface area contributed by atoms with E-state index in [4.69, 9.17) is 4.42 Å². The predicted molar refractivity (Wildman–Crippen MR) is 130 cm³/mol. The van der Waals surface area contributed by atoms with Gasteiger partial charge in [0.15, 0.2) is 5.82 Å². The summed E-state index contributed by atoms with van der Waals surface area (Å²) >= 11 is 0. The minimum Gasteiger partial charge on any atom is -0.464 e. The van der Waals surface area contributed by atoms with E-state index in [9.17, 15) is 4.79 Å². The van der Waals surface area contributed by atoms with Crippen LogP contribution in [0.15, 0.2) is 47.1 Å². The molecule has 2 aromatic heterocycles. The summed E-state index contributed by atoms with van der Waals surface area (Å²) in [6.07, 6.45) is 6.53. The Bertz CT molecular complexity index is 1300. The Kier molecular flexibility index (Phi) is 5.75. The molecule has 1 aliphatic heterocycles. The highest BCUT2D eigenvalue weighted by Crippen LogP contribution is 2.29. The van der Waals surface area contributed by atoms with Crippen LogP contribution >= 0.6 is 0 Å². The molecule has 0 saturated heterocycles. The van der Waals surface area contributed by atoms with E-state index in [0.717, 1.165) is 58.8 Å². The van der Waals surface area contributed by atoms with Crippen LogP contribution in [0.25, 0.3) is 22.4 Å². The summed E-state index contributed by atoms with van der Waals surface area (Å²) in [6.45, 7) is 7.43. The molecule has 2 aromatic carbocycles. The zero-order chi connectivity index (χ0) is 22.9. The number of carbonyl (C=O) groups is 1. The van der Waals surface area contributed by atoms with Crippen molar-refractivity contribution in [1.29, 1.82) is 0 Å². The molecule has 0 radical (unpaired) electrons. The van der Waals surface area contributed by atoms with Crippen molar-refractivity contribution in [2.24, 2.45) is 0 Å². The van der Waals surface area contributed by atoms with Gasteiger partial charge in [-0.25, -0.2) is 0 Å². The number of hydrogen-bond donors (Lipinski definition) is 1. The summed E-state index contributed by atoms with van der Waals surface area (Å²) in [7, 11) is 0. The zero-order valence-electron chi connectivity index (χ0n) is 19.5. The molecule has 1 amide bonds. The molecule has 6 nitrogen and oxygen atoms in total. The number of amides is 1. The molecule has 170 valence electrons. The second-order valence-corrected chi connectivity index (χ2v) is 9.33. The van der Waals surface area contributed by atoms with Crippen LogP contribution in [-0.4, -0.2) is 20.7 Å². The SMILES string of the molecule is Cc1cc2occ(CC(=O)Nc3ccc(-c4nnc5n4CCCCC5)cc3)c2cc1C(C)C. The number of anilines is 1. The van der Waals surface area contributed by atoms with Gasteiger partial charge in [0.05, 0.1) is 12.7 Å². The van der Waals surface area contributed by atoms with E-state index >= 15 is 0 Å². The Morgan fingerprint density at radius 1 is 1.12 bits per heavy atom. The molecule has 33 heavy (non-hydrogen) atoms. The first kappa shape index (κ1) is 21.4. The third-order valence-corrected chi connectivity index (χ3v) is 6.55. The maximum absolute atomic E-state index is 12.8. The van der Waals surface area contributed by atoms with Crippen LogP contribution in [0.5, 0.6) is 0 Å². The summed E-state index contributed by atoms with van der Waals surface area (Å²) in [5, 5.41) is 12.8. The van der Waals surface area contributed by atoms with Crippen LogP contribution in [-0.2, 0) is 24.2 Å². The van der Waals surface area contributed by atoms with E-state index in [2.05, 4.69) is 53.0 Å². The summed E-state index contributed by atoms with van der Waals surface area (Å²) in [6, 6.07) is 12.1. The number of aryl methyl sites for hydroxylation is 2. The first-order valence-corrected chi connectivity index (χ1v) is 11.8. The Labute approximate surface area is 194 Å². The molecule has 0 fully saturated rings. The van der Waals surface area contributed by atoms with E-state index < -0.39 is 0 Å². The monoisotopic (exact) mass is 442 g/mol. The number of furan rings is 1. The Morgan fingerprint density at radius 3 is 2.73 bits per heavy atom. The number of fused-ring (bicyclic) bond motifs is 2. The number of nitrogens with zero attached hydrogens (tertiary/aromatic N) is 3. The number of hydrogen-bond acceptors (Lipinski definition) is 4. The van der Waals surface area contributed by atoms with Crippen LogP contribution in [0.4, 0.5) is 5.69 Å². The maximum Gasteiger partial charge on any atom is 0.228 e. The van der Waals surface area contributed by atoms with Gasteiger partial charge in [-0.15, -0.1) is 10.2 Å². The van der Waals surface area contributed by atoms with Crippen molar-refractivity contribution in [1.82, 2.24) is 14.8 Å². The summed E-state index contributed by atoms with van der Waals surface area (Å²) < 4.78 is 7.97. The fraction of sp³-hybridized carbons (Fsp3) is 0.370. The number of aromatic nitrogens is 3. The van der Waals surface area contributed by atoms with Gasteiger partial charge >= 0.3 is 0 Å². The zero-order valence-corrected chi connectivity index (χ0v) is 19.5. The molecule has 0 bridgehead atoms. The Hall–Kier alpha value is -3.41. The molecule has 0 saturated carbocycles. The van der Waals surface area contributed by atoms with E-state index in [0.29, 0.717) is 5.92 Å². The third kappa shape index (κ3) is 4.30. The van der Waals surface area contributed by atoms with E-state index in [-0.39, 0.29) is 12.3 Å². The van der Waals surface area contributed by atoms with Crippen molar-refractivity contribution in [3.05, 3.63) is 65.2 Å². The topological polar surface area (TPSA) is 73.0 Å². The van der Waals surface area contributed by atoms with Gasteiger partial charge in [0.1, 0.15) is 11.4 Å². The number of carbonyl (C=O) groups excluding carboxylic acids is 1. The van der Waals surface area contributed by atoms with Gasteiger partial charge in [-0.05, 0) is 73.2 Å². The van der Waals surface area contributed by atoms with Gasteiger partial charge in [-0.3, -0.25) is 4.79 Å². The van der Waals surface area contributed by atoms with Crippen LogP contribution in [0.2, 0.25) is 0 Å². The summed E-state index contributed by atoms with van der Waals surface area (Å²) in [4.78, 5) is 12.8. The molecule has 0 atom stereocenters. The molecule has 5 rings (SSSR count). The quantitative estimate of drug-likeness (QED) is 0.409. The van der Waals surface area contributed by atoms with Gasteiger partial charge in [-0.1, -0.05) is 20.3 Å². The molecule has 6 heteroatoms. The fourth-order valence-corrected chi connectivity index (χ4v) is 4.78. The molecule has 0 spiro atoms.